The van der Waals surface area contributed by atoms with Gasteiger partial charge in [-0.15, -0.1) is 6.42 Å². The fourth-order valence-corrected chi connectivity index (χ4v) is 0.702. The second kappa shape index (κ2) is 131. The lowest BCUT2D eigenvalue weighted by atomic mass is 8.68. The molecule has 0 nitrogen and oxygen atoms in total. The molecule has 0 aliphatic rings. The number of hydrogen-bond acceptors (Lipinski definition) is 0. The first kappa shape index (κ1) is 59.7. The lowest BCUT2D eigenvalue weighted by molar-refractivity contribution is 0.108. The Balaban J connectivity index is -0.00000000889. The Kier molecular flexibility index (Phi) is 167. The van der Waals surface area contributed by atoms with E-state index in [9.17, 15) is 0 Å². The van der Waals surface area contributed by atoms with Crippen molar-refractivity contribution in [2.75, 3.05) is 0 Å². The van der Waals surface area contributed by atoms with Crippen LogP contribution in [0.1, 0.15) is 69.3 Å². The summed E-state index contributed by atoms with van der Waals surface area (Å²) in [5, 5.41) is 0. The summed E-state index contributed by atoms with van der Waals surface area (Å²) in [4.78, 5) is 0. The molecule has 0 aromatic rings. The predicted molar refractivity (Wildman–Crippen MR) is 216 cm³/mol. The van der Waals surface area contributed by atoms with E-state index in [1.54, 1.807) is 20.8 Å². The molecule has 0 aromatic carbocycles. The molecular formula is C17H51B15F15. The van der Waals surface area contributed by atoms with Gasteiger partial charge in [-0.1, -0.05) is 32.6 Å². The summed E-state index contributed by atoms with van der Waals surface area (Å²) in [6.07, 6.45) is 2.07. The molecule has 0 atom stereocenters. The summed E-state index contributed by atoms with van der Waals surface area (Å²) in [6, 6.07) is 0. The molecule has 0 aliphatic heterocycles. The van der Waals surface area contributed by atoms with Crippen LogP contribution in [0.25, 0.3) is 0 Å². The molecule has 19 radical (unpaired) electrons. The maximum Gasteiger partial charge on any atom is 0 e. The third-order valence-electron chi connectivity index (χ3n) is 2.32. The SMILES string of the molecule is C.C.C#CC#CC#CC.CC#CC#CC#CC.F.FF.FF.FF.FF.FF.FF.FF.[2HH].[2H][2H].[2H][2H].[2H][2H].[2H][2H].[2H][2H].[2H][2H].[2H][2H].[B]B([B])B([B])B([B])[B].[B][B]B([B])B([B])[B].[HH].[HH].[HH].[HH].[HH].[HH].[HH].[HH]. The van der Waals surface area contributed by atoms with Gasteiger partial charge in [0.15, 0.2) is 0 Å². The van der Waals surface area contributed by atoms with Crippen molar-refractivity contribution in [2.45, 2.75) is 35.6 Å². The van der Waals surface area contributed by atoms with E-state index >= 15 is 0 Å². The summed E-state index contributed by atoms with van der Waals surface area (Å²) in [5.74, 6) is 27.5. The van der Waals surface area contributed by atoms with Crippen LogP contribution in [0, 0.1) is 71.5 Å². The molecule has 0 spiro atoms. The van der Waals surface area contributed by atoms with E-state index in [1.807, 2.05) is 0 Å². The third-order valence-corrected chi connectivity index (χ3v) is 2.32. The monoisotopic (exact) mass is 721 g/mol. The third kappa shape index (κ3) is 179. The molecule has 0 rings (SSSR count). The Morgan fingerprint density at radius 2 is 0.723 bits per heavy atom. The van der Waals surface area contributed by atoms with Gasteiger partial charge >= 0.3 is 0 Å². The molecule has 269 valence electrons. The zero-order chi connectivity index (χ0) is 52.4. The molecule has 0 N–H and O–H groups in total. The van der Waals surface area contributed by atoms with Crippen LogP contribution in [0.3, 0.4) is 0 Å². The van der Waals surface area contributed by atoms with Gasteiger partial charge in [-0.25, -0.2) is 0 Å². The molecular weight excluding hydrogens is 651 g/mol. The smallest absolute Gasteiger partial charge is 0 e. The Morgan fingerprint density at radius 1 is 0.511 bits per heavy atom. The van der Waals surface area contributed by atoms with Crippen molar-refractivity contribution in [3.05, 3.63) is 0 Å². The van der Waals surface area contributed by atoms with Crippen LogP contribution in [0.15, 0.2) is 0 Å². The minimum Gasteiger partial charge on any atom is -0.269 e. The van der Waals surface area contributed by atoms with Gasteiger partial charge in [0.2, 0.25) is 0 Å². The number of rotatable bonds is 4. The summed E-state index contributed by atoms with van der Waals surface area (Å²) in [5.41, 5.74) is 0. The van der Waals surface area contributed by atoms with Gasteiger partial charge in [0.1, 0.15) is 0 Å². The van der Waals surface area contributed by atoms with E-state index in [4.69, 9.17) is 161 Å². The molecule has 0 bridgehead atoms. The molecule has 0 amide bonds. The standard InChI is InChI=1S/C8H6.C7H4.2CH4.B8.B7.7F2.FH.16H2/c1-3-5-7-8-6-4-2;1-3-5-7-6-4-2;;;1-6(2)8(5)7(3)4;1-5-7(4)6(2)3;7*1-2;;;;;;;;;;;;;;;;;/h1-2H3;1H,2H3;2*1H4;;;;;;;;;;17*1H/i;;;;;;;;;;;;;;7*1+1D;1+1;;;;;;;;. The predicted octanol–water partition coefficient (Wildman–Crippen LogP) is 7.21. The van der Waals surface area contributed by atoms with Gasteiger partial charge in [-0.3, -0.25) is 4.70 Å². The van der Waals surface area contributed by atoms with E-state index in [2.05, 4.69) is 65.1 Å². The van der Waals surface area contributed by atoms with Crippen molar-refractivity contribution in [3.63, 3.8) is 0 Å². The van der Waals surface area contributed by atoms with Crippen molar-refractivity contribution < 1.29 is 102 Å². The average Bonchev–Trinajstić information content (AvgIpc) is 3.34. The highest BCUT2D eigenvalue weighted by molar-refractivity contribution is 7.89. The lowest BCUT2D eigenvalue weighted by Gasteiger charge is -2.13. The largest absolute Gasteiger partial charge is 0.269 e. The van der Waals surface area contributed by atoms with Gasteiger partial charge in [-0.2, -0.15) is 0 Å². The highest BCUT2D eigenvalue weighted by atomic mass is 20.0. The maximum atomic E-state index is 8.00. The summed E-state index contributed by atoms with van der Waals surface area (Å²) in [6.45, 7) is 5.20. The molecule has 0 fully saturated rings. The van der Waals surface area contributed by atoms with Crippen molar-refractivity contribution in [3.8, 4) is 71.5 Å². The van der Waals surface area contributed by atoms with Gasteiger partial charge < -0.3 is 0 Å². The fraction of sp³-hybridized carbons (Fsp3) is 0.294. The van der Waals surface area contributed by atoms with E-state index in [1.165, 1.54) is 7.06 Å². The Hall–Kier alpha value is -2.72. The number of terminal acetylenes is 1. The van der Waals surface area contributed by atoms with Crippen LogP contribution >= 0.6 is 0 Å². The van der Waals surface area contributed by atoms with Gasteiger partial charge in [0, 0.05) is 206 Å². The van der Waals surface area contributed by atoms with Crippen molar-refractivity contribution in [1.29, 1.82) is 0 Å². The molecule has 0 saturated heterocycles. The molecule has 0 saturated carbocycles. The molecule has 0 aromatic heterocycles. The molecule has 0 unspecified atom stereocenters. The zero-order valence-electron chi connectivity index (χ0n) is 37.4. The second-order valence-corrected chi connectivity index (χ2v) is 4.85. The normalized spacial score (nSPS) is 5.70. The number of halogens is 15. The first-order chi connectivity index (χ1) is 28.1. The van der Waals surface area contributed by atoms with E-state index in [-0.39, 0.29) is 38.8 Å². The van der Waals surface area contributed by atoms with Crippen LogP contribution in [-0.4, -0.2) is 109 Å². The Bertz CT molecular complexity index is 832. The Labute approximate surface area is 319 Å². The number of hydrogen-bond donors (Lipinski definition) is 0. The van der Waals surface area contributed by atoms with Crippen LogP contribution < -0.4 is 0 Å². The molecule has 47 heavy (non-hydrogen) atoms. The minimum atomic E-state index is -0.630. The summed E-state index contributed by atoms with van der Waals surface area (Å²) < 4.78 is 182. The molecule has 0 aliphatic carbocycles. The lowest BCUT2D eigenvalue weighted by Crippen LogP contribution is -2.52. The summed E-state index contributed by atoms with van der Waals surface area (Å²) >= 11 is 0. The molecule has 0 heterocycles. The van der Waals surface area contributed by atoms with Gasteiger partial charge in [-0.05, 0) is 68.1 Å². The average molecular weight is 718 g/mol. The van der Waals surface area contributed by atoms with Crippen LogP contribution in [0.4, 0.5) is 68.7 Å². The summed E-state index contributed by atoms with van der Waals surface area (Å²) in [7, 11) is 47.4. The maximum absolute atomic E-state index is 8.00. The first-order valence-corrected chi connectivity index (χ1v) is 9.37. The second-order valence-electron chi connectivity index (χ2n) is 4.85. The van der Waals surface area contributed by atoms with E-state index in [0.29, 0.717) is 0 Å². The minimum absolute atomic E-state index is 0. The van der Waals surface area contributed by atoms with Gasteiger partial charge in [0.25, 0.3) is 0 Å². The van der Waals surface area contributed by atoms with Crippen molar-refractivity contribution >= 4 is 109 Å². The van der Waals surface area contributed by atoms with Gasteiger partial charge in [0.05, 0.1) is 0 Å². The van der Waals surface area contributed by atoms with Crippen molar-refractivity contribution in [2.24, 2.45) is 0 Å². The topological polar surface area (TPSA) is 0 Å². The highest BCUT2D eigenvalue weighted by Gasteiger charge is 2.14. The fourth-order valence-electron chi connectivity index (χ4n) is 0.702. The zero-order valence-corrected chi connectivity index (χ0v) is 23.4. The van der Waals surface area contributed by atoms with Crippen molar-refractivity contribution in [1.82, 2.24) is 0 Å². The van der Waals surface area contributed by atoms with Crippen LogP contribution in [0.2, 0.25) is 0 Å². The quantitative estimate of drug-likeness (QED) is 0.164. The first-order valence-electron chi connectivity index (χ1n) is 16.4. The highest BCUT2D eigenvalue weighted by Crippen LogP contribution is 1.76. The molecule has 30 heteroatoms. The van der Waals surface area contributed by atoms with E-state index in [0.717, 1.165) is 0 Å². The van der Waals surface area contributed by atoms with Crippen LogP contribution in [-0.2, 0) is 0 Å². The van der Waals surface area contributed by atoms with E-state index < -0.39 is 25.5 Å². The Morgan fingerprint density at radius 3 is 0.809 bits per heavy atom. The van der Waals surface area contributed by atoms with Crippen LogP contribution in [0.5, 0.6) is 0 Å².